The van der Waals surface area contributed by atoms with Gasteiger partial charge in [0.25, 0.3) is 0 Å². The minimum absolute atomic E-state index is 0.440. The van der Waals surface area contributed by atoms with Crippen LogP contribution in [0.25, 0.3) is 10.1 Å². The molecule has 3 aromatic rings. The highest BCUT2D eigenvalue weighted by molar-refractivity contribution is 7.17. The van der Waals surface area contributed by atoms with Crippen LogP contribution >= 0.6 is 11.3 Å². The molecule has 1 N–H and O–H groups in total. The molecule has 0 saturated carbocycles. The van der Waals surface area contributed by atoms with E-state index in [1.165, 1.54) is 34.1 Å². The summed E-state index contributed by atoms with van der Waals surface area (Å²) in [4.78, 5) is 0. The zero-order valence-electron chi connectivity index (χ0n) is 12.4. The Labute approximate surface area is 130 Å². The average molecular weight is 295 g/mol. The van der Waals surface area contributed by atoms with Gasteiger partial charge in [-0.05, 0) is 34.4 Å². The van der Waals surface area contributed by atoms with Crippen molar-refractivity contribution in [1.82, 2.24) is 5.32 Å². The van der Waals surface area contributed by atoms with Crippen LogP contribution in [0.15, 0.2) is 60.0 Å². The van der Waals surface area contributed by atoms with Gasteiger partial charge in [-0.1, -0.05) is 61.9 Å². The van der Waals surface area contributed by atoms with Gasteiger partial charge in [0, 0.05) is 17.3 Å². The van der Waals surface area contributed by atoms with E-state index in [1.807, 2.05) is 11.3 Å². The molecule has 0 fully saturated rings. The molecule has 0 amide bonds. The summed E-state index contributed by atoms with van der Waals surface area (Å²) in [5.74, 6) is 0. The molecule has 1 nitrogen and oxygen atoms in total. The van der Waals surface area contributed by atoms with Crippen molar-refractivity contribution in [2.45, 2.75) is 32.4 Å². The van der Waals surface area contributed by atoms with Crippen LogP contribution in [-0.4, -0.2) is 0 Å². The van der Waals surface area contributed by atoms with Crippen molar-refractivity contribution < 1.29 is 0 Å². The summed E-state index contributed by atoms with van der Waals surface area (Å²) < 4.78 is 1.38. The molecule has 0 saturated heterocycles. The molecular formula is C19H21NS. The Kier molecular flexibility index (Phi) is 4.69. The Morgan fingerprint density at radius 3 is 2.57 bits per heavy atom. The lowest BCUT2D eigenvalue weighted by molar-refractivity contribution is 0.495. The van der Waals surface area contributed by atoms with E-state index in [4.69, 9.17) is 0 Å². The predicted molar refractivity (Wildman–Crippen MR) is 92.8 cm³/mol. The third-order valence-corrected chi connectivity index (χ3v) is 4.89. The largest absolute Gasteiger partial charge is 0.306 e. The first kappa shape index (κ1) is 14.3. The minimum Gasteiger partial charge on any atom is -0.306 e. The highest BCUT2D eigenvalue weighted by atomic mass is 32.1. The Balaban J connectivity index is 1.75. The summed E-state index contributed by atoms with van der Waals surface area (Å²) in [6, 6.07) is 19.9. The highest BCUT2D eigenvalue weighted by Gasteiger charge is 2.11. The Bertz CT molecular complexity index is 687. The lowest BCUT2D eigenvalue weighted by Gasteiger charge is -2.18. The number of nitrogens with one attached hydrogen (secondary N) is 1. The standard InChI is InChI=1S/C19H21NS/c1-2-8-18(15-9-4-3-5-10-15)20-13-16-14-21-19-12-7-6-11-17(16)19/h3-7,9-12,14,18,20H,2,8,13H2,1H3. The molecule has 1 unspecified atom stereocenters. The molecule has 0 spiro atoms. The van der Waals surface area contributed by atoms with Crippen LogP contribution in [0.5, 0.6) is 0 Å². The van der Waals surface area contributed by atoms with Crippen molar-refractivity contribution >= 4 is 21.4 Å². The van der Waals surface area contributed by atoms with Crippen LogP contribution in [0.1, 0.15) is 36.9 Å². The zero-order chi connectivity index (χ0) is 14.5. The van der Waals surface area contributed by atoms with E-state index in [2.05, 4.69) is 72.2 Å². The second-order valence-corrected chi connectivity index (χ2v) is 6.30. The molecule has 2 heteroatoms. The number of benzene rings is 2. The Hall–Kier alpha value is -1.64. The SMILES string of the molecule is CCCC(NCc1csc2ccccc12)c1ccccc1. The van der Waals surface area contributed by atoms with Crippen molar-refractivity contribution in [2.75, 3.05) is 0 Å². The molecule has 21 heavy (non-hydrogen) atoms. The van der Waals surface area contributed by atoms with Gasteiger partial charge in [0.05, 0.1) is 0 Å². The second kappa shape index (κ2) is 6.88. The highest BCUT2D eigenvalue weighted by Crippen LogP contribution is 2.26. The quantitative estimate of drug-likeness (QED) is 0.630. The molecule has 0 radical (unpaired) electrons. The topological polar surface area (TPSA) is 12.0 Å². The maximum atomic E-state index is 3.74. The van der Waals surface area contributed by atoms with Crippen molar-refractivity contribution in [1.29, 1.82) is 0 Å². The van der Waals surface area contributed by atoms with E-state index in [9.17, 15) is 0 Å². The van der Waals surface area contributed by atoms with Gasteiger partial charge in [-0.3, -0.25) is 0 Å². The molecule has 1 aromatic heterocycles. The number of hydrogen-bond acceptors (Lipinski definition) is 2. The Morgan fingerprint density at radius 1 is 1.00 bits per heavy atom. The maximum absolute atomic E-state index is 3.74. The molecule has 1 atom stereocenters. The molecular weight excluding hydrogens is 274 g/mol. The third-order valence-electron chi connectivity index (χ3n) is 3.88. The van der Waals surface area contributed by atoms with Gasteiger partial charge in [-0.2, -0.15) is 0 Å². The molecule has 0 aliphatic heterocycles. The van der Waals surface area contributed by atoms with E-state index in [0.29, 0.717) is 6.04 Å². The van der Waals surface area contributed by atoms with Gasteiger partial charge in [-0.15, -0.1) is 11.3 Å². The van der Waals surface area contributed by atoms with Crippen LogP contribution in [0.4, 0.5) is 0 Å². The second-order valence-electron chi connectivity index (χ2n) is 5.39. The van der Waals surface area contributed by atoms with Crippen LogP contribution in [0, 0.1) is 0 Å². The average Bonchev–Trinajstić information content (AvgIpc) is 2.95. The zero-order valence-corrected chi connectivity index (χ0v) is 13.2. The molecule has 2 aromatic carbocycles. The smallest absolute Gasteiger partial charge is 0.0346 e. The fourth-order valence-corrected chi connectivity index (χ4v) is 3.73. The summed E-state index contributed by atoms with van der Waals surface area (Å²) in [6.45, 7) is 3.18. The molecule has 1 heterocycles. The van der Waals surface area contributed by atoms with Crippen LogP contribution < -0.4 is 5.32 Å². The van der Waals surface area contributed by atoms with E-state index < -0.39 is 0 Å². The lowest BCUT2D eigenvalue weighted by atomic mass is 10.0. The Morgan fingerprint density at radius 2 is 1.76 bits per heavy atom. The molecule has 0 aliphatic carbocycles. The normalized spacial score (nSPS) is 12.6. The van der Waals surface area contributed by atoms with Gasteiger partial charge in [0.15, 0.2) is 0 Å². The summed E-state index contributed by atoms with van der Waals surface area (Å²) in [7, 11) is 0. The fraction of sp³-hybridized carbons (Fsp3) is 0.263. The fourth-order valence-electron chi connectivity index (χ4n) is 2.76. The summed E-state index contributed by atoms with van der Waals surface area (Å²) in [6.07, 6.45) is 2.36. The first-order valence-electron chi connectivity index (χ1n) is 7.62. The van der Waals surface area contributed by atoms with Crippen molar-refractivity contribution in [2.24, 2.45) is 0 Å². The van der Waals surface area contributed by atoms with E-state index >= 15 is 0 Å². The van der Waals surface area contributed by atoms with Gasteiger partial charge >= 0.3 is 0 Å². The molecule has 0 aliphatic rings. The third kappa shape index (κ3) is 3.34. The number of thiophene rings is 1. The summed E-state index contributed by atoms with van der Waals surface area (Å²) in [5.41, 5.74) is 2.80. The molecule has 3 rings (SSSR count). The van der Waals surface area contributed by atoms with E-state index in [1.54, 1.807) is 0 Å². The monoisotopic (exact) mass is 295 g/mol. The summed E-state index contributed by atoms with van der Waals surface area (Å²) >= 11 is 1.83. The van der Waals surface area contributed by atoms with Crippen LogP contribution in [-0.2, 0) is 6.54 Å². The molecule has 108 valence electrons. The first-order valence-corrected chi connectivity index (χ1v) is 8.50. The summed E-state index contributed by atoms with van der Waals surface area (Å²) in [5, 5.41) is 7.41. The van der Waals surface area contributed by atoms with Crippen molar-refractivity contribution in [3.05, 3.63) is 71.1 Å². The van der Waals surface area contributed by atoms with Gasteiger partial charge in [0.2, 0.25) is 0 Å². The van der Waals surface area contributed by atoms with Gasteiger partial charge in [0.1, 0.15) is 0 Å². The molecule has 0 bridgehead atoms. The van der Waals surface area contributed by atoms with Crippen LogP contribution in [0.3, 0.4) is 0 Å². The number of fused-ring (bicyclic) bond motifs is 1. The number of hydrogen-bond donors (Lipinski definition) is 1. The van der Waals surface area contributed by atoms with Crippen LogP contribution in [0.2, 0.25) is 0 Å². The minimum atomic E-state index is 0.440. The van der Waals surface area contributed by atoms with Gasteiger partial charge < -0.3 is 5.32 Å². The number of rotatable bonds is 6. The first-order chi connectivity index (χ1) is 10.4. The van der Waals surface area contributed by atoms with Crippen molar-refractivity contribution in [3.63, 3.8) is 0 Å². The predicted octanol–water partition coefficient (Wildman–Crippen LogP) is 5.53. The van der Waals surface area contributed by atoms with Gasteiger partial charge in [-0.25, -0.2) is 0 Å². The lowest BCUT2D eigenvalue weighted by Crippen LogP contribution is -2.20. The van der Waals surface area contributed by atoms with E-state index in [0.717, 1.165) is 6.54 Å². The van der Waals surface area contributed by atoms with Crippen molar-refractivity contribution in [3.8, 4) is 0 Å². The van der Waals surface area contributed by atoms with E-state index in [-0.39, 0.29) is 0 Å². The maximum Gasteiger partial charge on any atom is 0.0346 e.